The number of aliphatic hydroxyl groups is 1. The predicted molar refractivity (Wildman–Crippen MR) is 89.1 cm³/mol. The van der Waals surface area contributed by atoms with Crippen molar-refractivity contribution in [2.75, 3.05) is 11.4 Å². The van der Waals surface area contributed by atoms with Crippen molar-refractivity contribution in [1.29, 1.82) is 0 Å². The van der Waals surface area contributed by atoms with Crippen LogP contribution in [0, 0.1) is 5.41 Å². The number of amides is 1. The van der Waals surface area contributed by atoms with Gasteiger partial charge in [-0.25, -0.2) is 0 Å². The number of carbonyl (C=O) groups is 1. The summed E-state index contributed by atoms with van der Waals surface area (Å²) in [5.41, 5.74) is -1.49. The Kier molecular flexibility index (Phi) is 4.43. The molecule has 1 aromatic carbocycles. The fourth-order valence-electron chi connectivity index (χ4n) is 4.03. The van der Waals surface area contributed by atoms with Crippen LogP contribution >= 0.6 is 0 Å². The quantitative estimate of drug-likeness (QED) is 0.823. The number of rotatable bonds is 3. The molecule has 2 fully saturated rings. The van der Waals surface area contributed by atoms with Crippen LogP contribution < -0.4 is 4.90 Å². The van der Waals surface area contributed by atoms with E-state index in [1.54, 1.807) is 11.0 Å². The molecule has 1 aromatic rings. The van der Waals surface area contributed by atoms with Crippen LogP contribution in [0.5, 0.6) is 0 Å². The number of hydrogen-bond acceptors (Lipinski definition) is 2. The van der Waals surface area contributed by atoms with E-state index in [9.17, 15) is 23.1 Å². The lowest BCUT2D eigenvalue weighted by Gasteiger charge is -2.40. The first-order valence-electron chi connectivity index (χ1n) is 8.52. The minimum absolute atomic E-state index is 0.0343. The van der Waals surface area contributed by atoms with Crippen LogP contribution in [0.1, 0.15) is 44.1 Å². The van der Waals surface area contributed by atoms with Crippen molar-refractivity contribution >= 4 is 11.6 Å². The van der Waals surface area contributed by atoms with E-state index in [0.717, 1.165) is 12.1 Å². The number of hydrogen-bond donors (Lipinski definition) is 1. The molecule has 1 heterocycles. The highest BCUT2D eigenvalue weighted by Gasteiger charge is 2.51. The Morgan fingerprint density at radius 1 is 1.12 bits per heavy atom. The summed E-state index contributed by atoms with van der Waals surface area (Å²) in [4.78, 5) is 14.5. The first-order chi connectivity index (χ1) is 11.7. The molecule has 1 saturated heterocycles. The van der Waals surface area contributed by atoms with Gasteiger partial charge in [0.1, 0.15) is 0 Å². The number of nitrogens with zero attached hydrogens (tertiary/aromatic N) is 1. The van der Waals surface area contributed by atoms with Crippen LogP contribution in [0.2, 0.25) is 0 Å². The molecular formula is C19H22F3NO2. The maximum atomic E-state index is 12.9. The SMILES string of the molecule is C=CC[C@]1(O)CC[C@]2(CCN(c3ccc(C(F)(F)F)cc3)C2=O)CC1. The summed E-state index contributed by atoms with van der Waals surface area (Å²) in [5, 5.41) is 10.5. The normalized spacial score (nSPS) is 30.1. The van der Waals surface area contributed by atoms with Crippen molar-refractivity contribution in [3.05, 3.63) is 42.5 Å². The summed E-state index contributed by atoms with van der Waals surface area (Å²) in [6.07, 6.45) is 0.811. The van der Waals surface area contributed by atoms with E-state index >= 15 is 0 Å². The number of carbonyl (C=O) groups excluding carboxylic acids is 1. The molecule has 0 radical (unpaired) electrons. The lowest BCUT2D eigenvalue weighted by molar-refractivity contribution is -0.137. The molecule has 3 rings (SSSR count). The number of alkyl halides is 3. The van der Waals surface area contributed by atoms with Crippen molar-refractivity contribution in [1.82, 2.24) is 0 Å². The topological polar surface area (TPSA) is 40.5 Å². The van der Waals surface area contributed by atoms with Crippen molar-refractivity contribution in [2.45, 2.75) is 50.3 Å². The van der Waals surface area contributed by atoms with Crippen LogP contribution in [0.4, 0.5) is 18.9 Å². The average molecular weight is 353 g/mol. The molecule has 2 aliphatic rings. The van der Waals surface area contributed by atoms with Crippen LogP contribution in [0.3, 0.4) is 0 Å². The number of benzene rings is 1. The summed E-state index contributed by atoms with van der Waals surface area (Å²) < 4.78 is 38.1. The zero-order chi connectivity index (χ0) is 18.3. The van der Waals surface area contributed by atoms with E-state index in [2.05, 4.69) is 6.58 Å². The van der Waals surface area contributed by atoms with Gasteiger partial charge in [-0.3, -0.25) is 4.79 Å². The monoisotopic (exact) mass is 353 g/mol. The van der Waals surface area contributed by atoms with Gasteiger partial charge in [-0.1, -0.05) is 6.08 Å². The van der Waals surface area contributed by atoms with Crippen molar-refractivity contribution in [3.8, 4) is 0 Å². The molecule has 3 nitrogen and oxygen atoms in total. The van der Waals surface area contributed by atoms with Crippen LogP contribution in [-0.4, -0.2) is 23.2 Å². The molecule has 25 heavy (non-hydrogen) atoms. The highest BCUT2D eigenvalue weighted by molar-refractivity contribution is 6.00. The first kappa shape index (κ1) is 18.0. The molecule has 1 saturated carbocycles. The van der Waals surface area contributed by atoms with Gasteiger partial charge < -0.3 is 10.0 Å². The lowest BCUT2D eigenvalue weighted by atomic mass is 9.67. The maximum absolute atomic E-state index is 12.9. The van der Waals surface area contributed by atoms with Gasteiger partial charge in [0.2, 0.25) is 5.91 Å². The molecule has 0 aromatic heterocycles. The number of halogens is 3. The second-order valence-electron chi connectivity index (χ2n) is 7.25. The third-order valence-corrected chi connectivity index (χ3v) is 5.68. The minimum Gasteiger partial charge on any atom is -0.390 e. The fourth-order valence-corrected chi connectivity index (χ4v) is 4.03. The predicted octanol–water partition coefficient (Wildman–Crippen LogP) is 4.31. The van der Waals surface area contributed by atoms with Gasteiger partial charge in [-0.15, -0.1) is 6.58 Å². The van der Waals surface area contributed by atoms with Gasteiger partial charge >= 0.3 is 6.18 Å². The van der Waals surface area contributed by atoms with Gasteiger partial charge in [-0.05, 0) is 62.8 Å². The fraction of sp³-hybridized carbons (Fsp3) is 0.526. The summed E-state index contributed by atoms with van der Waals surface area (Å²) in [7, 11) is 0. The molecule has 6 heteroatoms. The summed E-state index contributed by atoms with van der Waals surface area (Å²) in [6.45, 7) is 4.17. The van der Waals surface area contributed by atoms with Crippen molar-refractivity contribution < 1.29 is 23.1 Å². The van der Waals surface area contributed by atoms with Crippen LogP contribution in [0.25, 0.3) is 0 Å². The first-order valence-corrected chi connectivity index (χ1v) is 8.52. The highest BCUT2D eigenvalue weighted by atomic mass is 19.4. The Hall–Kier alpha value is -1.82. The van der Waals surface area contributed by atoms with Gasteiger partial charge in [0.15, 0.2) is 0 Å². The van der Waals surface area contributed by atoms with Gasteiger partial charge in [0, 0.05) is 12.2 Å². The third-order valence-electron chi connectivity index (χ3n) is 5.68. The van der Waals surface area contributed by atoms with E-state index < -0.39 is 22.8 Å². The van der Waals surface area contributed by atoms with Crippen molar-refractivity contribution in [2.24, 2.45) is 5.41 Å². The molecule has 1 N–H and O–H groups in total. The average Bonchev–Trinajstić information content (AvgIpc) is 2.87. The lowest BCUT2D eigenvalue weighted by Crippen LogP contribution is -2.43. The van der Waals surface area contributed by atoms with E-state index in [4.69, 9.17) is 0 Å². The Morgan fingerprint density at radius 3 is 2.24 bits per heavy atom. The molecule has 0 atom stereocenters. The molecule has 1 amide bonds. The Labute approximate surface area is 145 Å². The van der Waals surface area contributed by atoms with E-state index in [-0.39, 0.29) is 5.91 Å². The van der Waals surface area contributed by atoms with E-state index in [1.807, 2.05) is 0 Å². The summed E-state index contributed by atoms with van der Waals surface area (Å²) in [6, 6.07) is 4.74. The zero-order valence-electron chi connectivity index (χ0n) is 14.0. The second-order valence-corrected chi connectivity index (χ2v) is 7.25. The molecule has 0 unspecified atom stereocenters. The third kappa shape index (κ3) is 3.32. The Balaban J connectivity index is 1.73. The Bertz CT molecular complexity index is 658. The van der Waals surface area contributed by atoms with E-state index in [0.29, 0.717) is 50.8 Å². The standard InChI is InChI=1S/C19H22F3NO2/c1-2-7-18(25)10-8-17(9-11-18)12-13-23(16(17)24)15-5-3-14(4-6-15)19(20,21)22/h2-6,25H,1,7-13H2/t17-,18+. The molecule has 1 spiro atoms. The zero-order valence-corrected chi connectivity index (χ0v) is 14.0. The molecule has 136 valence electrons. The minimum atomic E-state index is -4.38. The second kappa shape index (κ2) is 6.16. The van der Waals surface area contributed by atoms with Gasteiger partial charge in [0.25, 0.3) is 0 Å². The molecule has 1 aliphatic carbocycles. The van der Waals surface area contributed by atoms with Crippen LogP contribution in [0.15, 0.2) is 36.9 Å². The maximum Gasteiger partial charge on any atom is 0.416 e. The smallest absolute Gasteiger partial charge is 0.390 e. The number of anilines is 1. The summed E-state index contributed by atoms with van der Waals surface area (Å²) in [5.74, 6) is -0.0343. The van der Waals surface area contributed by atoms with Crippen LogP contribution in [-0.2, 0) is 11.0 Å². The van der Waals surface area contributed by atoms with Crippen molar-refractivity contribution in [3.63, 3.8) is 0 Å². The summed E-state index contributed by atoms with van der Waals surface area (Å²) >= 11 is 0. The highest BCUT2D eigenvalue weighted by Crippen LogP contribution is 2.49. The molecular weight excluding hydrogens is 331 g/mol. The van der Waals surface area contributed by atoms with E-state index in [1.165, 1.54) is 12.1 Å². The molecule has 1 aliphatic heterocycles. The largest absolute Gasteiger partial charge is 0.416 e. The molecule has 0 bridgehead atoms. The van der Waals surface area contributed by atoms with Gasteiger partial charge in [-0.2, -0.15) is 13.2 Å². The van der Waals surface area contributed by atoms with Gasteiger partial charge in [0.05, 0.1) is 16.6 Å². The Morgan fingerprint density at radius 2 is 1.72 bits per heavy atom.